The molecular weight excluding hydrogens is 293 g/mol. The Hall–Kier alpha value is -1.55. The van der Waals surface area contributed by atoms with E-state index in [9.17, 15) is 13.2 Å². The molecule has 2 aromatic rings. The number of allylic oxidation sites excluding steroid dienone is 1. The van der Waals surface area contributed by atoms with Crippen LogP contribution in [0, 0.1) is 0 Å². The fourth-order valence-corrected chi connectivity index (χ4v) is 3.51. The van der Waals surface area contributed by atoms with Crippen LogP contribution in [0.5, 0.6) is 0 Å². The number of thiophene rings is 1. The molecule has 4 heteroatoms. The van der Waals surface area contributed by atoms with E-state index < -0.39 is 11.7 Å². The third-order valence-electron chi connectivity index (χ3n) is 3.29. The molecule has 1 aromatic carbocycles. The lowest BCUT2D eigenvalue weighted by Crippen LogP contribution is -2.03. The molecule has 0 radical (unpaired) electrons. The van der Waals surface area contributed by atoms with Crippen LogP contribution in [0.15, 0.2) is 43.0 Å². The van der Waals surface area contributed by atoms with Crippen LogP contribution < -0.4 is 0 Å². The Morgan fingerprint density at radius 3 is 2.29 bits per heavy atom. The van der Waals surface area contributed by atoms with Crippen LogP contribution in [-0.2, 0) is 12.6 Å². The molecule has 1 aromatic heterocycles. The summed E-state index contributed by atoms with van der Waals surface area (Å²) in [5.41, 5.74) is 1.46. The first-order valence-electron chi connectivity index (χ1n) is 6.74. The minimum absolute atomic E-state index is 0.388. The summed E-state index contributed by atoms with van der Waals surface area (Å²) in [6, 6.07) is 7.43. The van der Waals surface area contributed by atoms with Crippen molar-refractivity contribution in [1.29, 1.82) is 0 Å². The maximum atomic E-state index is 12.6. The van der Waals surface area contributed by atoms with Crippen molar-refractivity contribution in [1.82, 2.24) is 0 Å². The van der Waals surface area contributed by atoms with Crippen molar-refractivity contribution in [3.05, 3.63) is 59.0 Å². The highest BCUT2D eigenvalue weighted by Crippen LogP contribution is 2.37. The molecule has 0 aliphatic rings. The molecular formula is C17H17F3S. The van der Waals surface area contributed by atoms with Crippen molar-refractivity contribution >= 4 is 11.3 Å². The molecule has 2 rings (SSSR count). The van der Waals surface area contributed by atoms with Crippen molar-refractivity contribution in [2.24, 2.45) is 0 Å². The summed E-state index contributed by atoms with van der Waals surface area (Å²) in [5.74, 6) is 0.388. The van der Waals surface area contributed by atoms with Gasteiger partial charge in [0.1, 0.15) is 0 Å². The van der Waals surface area contributed by atoms with E-state index in [2.05, 4.69) is 26.5 Å². The minimum Gasteiger partial charge on any atom is -0.166 e. The van der Waals surface area contributed by atoms with Gasteiger partial charge >= 0.3 is 6.18 Å². The van der Waals surface area contributed by atoms with Crippen molar-refractivity contribution in [2.45, 2.75) is 32.4 Å². The van der Waals surface area contributed by atoms with Crippen LogP contribution >= 0.6 is 11.3 Å². The molecule has 0 aliphatic heterocycles. The zero-order valence-corrected chi connectivity index (χ0v) is 12.8. The monoisotopic (exact) mass is 310 g/mol. The third-order valence-corrected chi connectivity index (χ3v) is 4.51. The second kappa shape index (κ2) is 6.06. The van der Waals surface area contributed by atoms with Gasteiger partial charge in [-0.3, -0.25) is 0 Å². The third kappa shape index (κ3) is 3.56. The molecule has 1 heterocycles. The Labute approximate surface area is 126 Å². The summed E-state index contributed by atoms with van der Waals surface area (Å²) in [5, 5.41) is 0. The van der Waals surface area contributed by atoms with Gasteiger partial charge in [-0.2, -0.15) is 13.2 Å². The molecule has 0 amide bonds. The lowest BCUT2D eigenvalue weighted by Gasteiger charge is -2.06. The molecule has 0 bridgehead atoms. The second-order valence-electron chi connectivity index (χ2n) is 5.21. The van der Waals surface area contributed by atoms with E-state index in [1.807, 2.05) is 6.08 Å². The number of hydrogen-bond acceptors (Lipinski definition) is 1. The van der Waals surface area contributed by atoms with Crippen LogP contribution in [0.2, 0.25) is 0 Å². The molecule has 0 aliphatic carbocycles. The number of hydrogen-bond donors (Lipinski definition) is 0. The predicted octanol–water partition coefficient (Wildman–Crippen LogP) is 6.29. The molecule has 0 unspecified atom stereocenters. The first kappa shape index (κ1) is 15.8. The first-order chi connectivity index (χ1) is 9.82. The van der Waals surface area contributed by atoms with Gasteiger partial charge in [0, 0.05) is 9.75 Å². The highest BCUT2D eigenvalue weighted by atomic mass is 32.1. The van der Waals surface area contributed by atoms with Gasteiger partial charge in [-0.25, -0.2) is 0 Å². The zero-order chi connectivity index (χ0) is 15.6. The van der Waals surface area contributed by atoms with Gasteiger partial charge in [-0.1, -0.05) is 32.1 Å². The predicted molar refractivity (Wildman–Crippen MR) is 82.7 cm³/mol. The Balaban J connectivity index is 2.38. The summed E-state index contributed by atoms with van der Waals surface area (Å²) < 4.78 is 37.8. The molecule has 112 valence electrons. The van der Waals surface area contributed by atoms with Crippen molar-refractivity contribution in [3.63, 3.8) is 0 Å². The number of halogens is 3. The lowest BCUT2D eigenvalue weighted by atomic mass is 10.0. The standard InChI is InChI=1S/C17H17F3S/c1-4-5-15-14(11(2)3)10-16(21-15)12-6-8-13(9-7-12)17(18,19)20/h4,6-11H,1,5H2,2-3H3. The Kier molecular flexibility index (Phi) is 4.57. The van der Waals surface area contributed by atoms with Crippen molar-refractivity contribution < 1.29 is 13.2 Å². The molecule has 0 nitrogen and oxygen atoms in total. The number of alkyl halides is 3. The molecule has 0 spiro atoms. The largest absolute Gasteiger partial charge is 0.416 e. The SMILES string of the molecule is C=CCc1sc(-c2ccc(C(F)(F)F)cc2)cc1C(C)C. The molecule has 21 heavy (non-hydrogen) atoms. The van der Waals surface area contributed by atoms with Gasteiger partial charge in [0.25, 0.3) is 0 Å². The van der Waals surface area contributed by atoms with Crippen LogP contribution in [-0.4, -0.2) is 0 Å². The average Bonchev–Trinajstić information content (AvgIpc) is 2.82. The van der Waals surface area contributed by atoms with Gasteiger partial charge in [-0.15, -0.1) is 17.9 Å². The Morgan fingerprint density at radius 2 is 1.81 bits per heavy atom. The first-order valence-corrected chi connectivity index (χ1v) is 7.55. The summed E-state index contributed by atoms with van der Waals surface area (Å²) in [6.07, 6.45) is -1.64. The van der Waals surface area contributed by atoms with Crippen LogP contribution in [0.3, 0.4) is 0 Å². The van der Waals surface area contributed by atoms with Gasteiger partial charge in [0.15, 0.2) is 0 Å². The van der Waals surface area contributed by atoms with Gasteiger partial charge in [0.05, 0.1) is 5.56 Å². The molecule has 0 fully saturated rings. The van der Waals surface area contributed by atoms with Crippen molar-refractivity contribution in [2.75, 3.05) is 0 Å². The van der Waals surface area contributed by atoms with E-state index in [0.717, 1.165) is 29.0 Å². The second-order valence-corrected chi connectivity index (χ2v) is 6.35. The van der Waals surface area contributed by atoms with E-state index in [-0.39, 0.29) is 0 Å². The quantitative estimate of drug-likeness (QED) is 0.582. The Morgan fingerprint density at radius 1 is 1.19 bits per heavy atom. The van der Waals surface area contributed by atoms with Crippen molar-refractivity contribution in [3.8, 4) is 10.4 Å². The average molecular weight is 310 g/mol. The highest BCUT2D eigenvalue weighted by molar-refractivity contribution is 7.15. The van der Waals surface area contributed by atoms with E-state index in [4.69, 9.17) is 0 Å². The summed E-state index contributed by atoms with van der Waals surface area (Å²) in [4.78, 5) is 2.24. The summed E-state index contributed by atoms with van der Waals surface area (Å²) >= 11 is 1.63. The minimum atomic E-state index is -4.29. The van der Waals surface area contributed by atoms with E-state index in [0.29, 0.717) is 5.92 Å². The fraction of sp³-hybridized carbons (Fsp3) is 0.294. The maximum absolute atomic E-state index is 12.6. The number of benzene rings is 1. The molecule has 0 atom stereocenters. The van der Waals surface area contributed by atoms with E-state index in [1.165, 1.54) is 22.6 Å². The van der Waals surface area contributed by atoms with Gasteiger partial charge in [0.2, 0.25) is 0 Å². The van der Waals surface area contributed by atoms with E-state index >= 15 is 0 Å². The zero-order valence-electron chi connectivity index (χ0n) is 12.0. The molecule has 0 saturated heterocycles. The van der Waals surface area contributed by atoms with Crippen LogP contribution in [0.25, 0.3) is 10.4 Å². The maximum Gasteiger partial charge on any atom is 0.416 e. The summed E-state index contributed by atoms with van der Waals surface area (Å²) in [7, 11) is 0. The smallest absolute Gasteiger partial charge is 0.166 e. The fourth-order valence-electron chi connectivity index (χ4n) is 2.19. The molecule has 0 saturated carbocycles. The summed E-state index contributed by atoms with van der Waals surface area (Å²) in [6.45, 7) is 7.99. The number of rotatable bonds is 4. The van der Waals surface area contributed by atoms with Crippen LogP contribution in [0.1, 0.15) is 35.8 Å². The highest BCUT2D eigenvalue weighted by Gasteiger charge is 2.30. The van der Waals surface area contributed by atoms with Gasteiger partial charge < -0.3 is 0 Å². The molecule has 0 N–H and O–H groups in total. The lowest BCUT2D eigenvalue weighted by molar-refractivity contribution is -0.137. The Bertz CT molecular complexity index is 618. The van der Waals surface area contributed by atoms with Gasteiger partial charge in [-0.05, 0) is 41.7 Å². The van der Waals surface area contributed by atoms with Crippen LogP contribution in [0.4, 0.5) is 13.2 Å². The van der Waals surface area contributed by atoms with E-state index in [1.54, 1.807) is 11.3 Å². The topological polar surface area (TPSA) is 0 Å². The normalized spacial score (nSPS) is 11.9.